The molecule has 1 aromatic carbocycles. The Bertz CT molecular complexity index is 662. The molecule has 0 amide bonds. The number of aromatic nitrogens is 2. The van der Waals surface area contributed by atoms with Gasteiger partial charge >= 0.3 is 0 Å². The monoisotopic (exact) mass is 303 g/mol. The van der Waals surface area contributed by atoms with Gasteiger partial charge in [0.1, 0.15) is 0 Å². The molecule has 0 unspecified atom stereocenters. The molecule has 3 atom stereocenters. The third-order valence-electron chi connectivity index (χ3n) is 5.74. The third kappa shape index (κ3) is 2.18. The van der Waals surface area contributed by atoms with Gasteiger partial charge in [0.05, 0.1) is 22.4 Å². The van der Waals surface area contributed by atoms with Crippen molar-refractivity contribution in [3.63, 3.8) is 0 Å². The van der Waals surface area contributed by atoms with E-state index in [4.69, 9.17) is 11.6 Å². The van der Waals surface area contributed by atoms with Gasteiger partial charge in [-0.3, -0.25) is 0 Å². The van der Waals surface area contributed by atoms with Gasteiger partial charge in [-0.05, 0) is 42.2 Å². The van der Waals surface area contributed by atoms with Crippen LogP contribution in [0.5, 0.6) is 0 Å². The molecule has 4 heteroatoms. The summed E-state index contributed by atoms with van der Waals surface area (Å²) in [6, 6.07) is 6.60. The lowest BCUT2D eigenvalue weighted by atomic mass is 9.98. The SMILES string of the molecule is CC1(C)[C@@H]2C[C@H](NCCn3cnc4cccc(Cl)c43)C[C@@H]21. The minimum Gasteiger partial charge on any atom is -0.328 e. The van der Waals surface area contributed by atoms with Crippen LogP contribution in [0.4, 0.5) is 0 Å². The van der Waals surface area contributed by atoms with Crippen molar-refractivity contribution >= 4 is 22.6 Å². The predicted molar refractivity (Wildman–Crippen MR) is 86.5 cm³/mol. The first kappa shape index (κ1) is 13.6. The van der Waals surface area contributed by atoms with E-state index >= 15 is 0 Å². The molecule has 0 radical (unpaired) electrons. The summed E-state index contributed by atoms with van der Waals surface area (Å²) < 4.78 is 2.16. The second-order valence-corrected chi connectivity index (χ2v) is 7.61. The van der Waals surface area contributed by atoms with E-state index in [1.807, 2.05) is 24.5 Å². The van der Waals surface area contributed by atoms with Crippen molar-refractivity contribution in [3.8, 4) is 0 Å². The number of imidazole rings is 1. The number of rotatable bonds is 4. The highest BCUT2D eigenvalue weighted by Crippen LogP contribution is 2.66. The van der Waals surface area contributed by atoms with E-state index in [-0.39, 0.29) is 0 Å². The zero-order valence-corrected chi connectivity index (χ0v) is 13.4. The molecule has 3 nitrogen and oxygen atoms in total. The zero-order valence-electron chi connectivity index (χ0n) is 12.6. The second-order valence-electron chi connectivity index (χ2n) is 7.20. The summed E-state index contributed by atoms with van der Waals surface area (Å²) in [5.41, 5.74) is 2.65. The lowest BCUT2D eigenvalue weighted by Crippen LogP contribution is -2.31. The molecule has 2 fully saturated rings. The molecule has 0 aliphatic heterocycles. The van der Waals surface area contributed by atoms with Gasteiger partial charge in [0.2, 0.25) is 0 Å². The quantitative estimate of drug-likeness (QED) is 0.933. The number of hydrogen-bond acceptors (Lipinski definition) is 2. The summed E-state index contributed by atoms with van der Waals surface area (Å²) in [4.78, 5) is 4.42. The van der Waals surface area contributed by atoms with E-state index in [1.54, 1.807) is 0 Å². The first-order valence-corrected chi connectivity index (χ1v) is 8.28. The van der Waals surface area contributed by atoms with Gasteiger partial charge in [0.25, 0.3) is 0 Å². The molecule has 0 spiro atoms. The molecule has 1 N–H and O–H groups in total. The highest BCUT2D eigenvalue weighted by Gasteiger charge is 2.61. The second kappa shape index (κ2) is 4.72. The molecule has 1 aromatic heterocycles. The van der Waals surface area contributed by atoms with Crippen molar-refractivity contribution in [2.45, 2.75) is 39.3 Å². The molecule has 112 valence electrons. The lowest BCUT2D eigenvalue weighted by molar-refractivity contribution is 0.381. The number of halogens is 1. The van der Waals surface area contributed by atoms with E-state index < -0.39 is 0 Å². The van der Waals surface area contributed by atoms with Crippen LogP contribution in [-0.4, -0.2) is 22.1 Å². The Balaban J connectivity index is 1.35. The maximum absolute atomic E-state index is 6.28. The molecule has 0 bridgehead atoms. The number of hydrogen-bond donors (Lipinski definition) is 1. The molecule has 21 heavy (non-hydrogen) atoms. The number of nitrogens with zero attached hydrogens (tertiary/aromatic N) is 2. The fourth-order valence-electron chi connectivity index (χ4n) is 4.31. The number of benzene rings is 1. The van der Waals surface area contributed by atoms with Crippen LogP contribution in [0.2, 0.25) is 5.02 Å². The molecule has 4 rings (SSSR count). The van der Waals surface area contributed by atoms with Crippen LogP contribution in [0, 0.1) is 17.3 Å². The minimum atomic E-state index is 0.617. The molecule has 0 saturated heterocycles. The first-order chi connectivity index (χ1) is 10.1. The van der Waals surface area contributed by atoms with Crippen LogP contribution in [-0.2, 0) is 6.54 Å². The fourth-order valence-corrected chi connectivity index (χ4v) is 4.59. The van der Waals surface area contributed by atoms with Gasteiger partial charge < -0.3 is 9.88 Å². The van der Waals surface area contributed by atoms with Crippen LogP contribution in [0.25, 0.3) is 11.0 Å². The Morgan fingerprint density at radius 1 is 1.33 bits per heavy atom. The maximum atomic E-state index is 6.28. The van der Waals surface area contributed by atoms with Gasteiger partial charge in [-0.1, -0.05) is 31.5 Å². The topological polar surface area (TPSA) is 29.9 Å². The van der Waals surface area contributed by atoms with Crippen molar-refractivity contribution < 1.29 is 0 Å². The Hall–Kier alpha value is -1.06. The summed E-state index contributed by atoms with van der Waals surface area (Å²) in [6.07, 6.45) is 4.60. The molecule has 2 aliphatic carbocycles. The van der Waals surface area contributed by atoms with Crippen LogP contribution in [0.3, 0.4) is 0 Å². The van der Waals surface area contributed by atoms with Crippen LogP contribution in [0.1, 0.15) is 26.7 Å². The highest BCUT2D eigenvalue weighted by molar-refractivity contribution is 6.34. The molecule has 1 heterocycles. The average Bonchev–Trinajstić information content (AvgIpc) is 2.87. The van der Waals surface area contributed by atoms with E-state index in [9.17, 15) is 0 Å². The van der Waals surface area contributed by atoms with Gasteiger partial charge in [-0.2, -0.15) is 0 Å². The first-order valence-electron chi connectivity index (χ1n) is 7.90. The van der Waals surface area contributed by atoms with Crippen molar-refractivity contribution in [2.75, 3.05) is 6.54 Å². The number of fused-ring (bicyclic) bond motifs is 2. The lowest BCUT2D eigenvalue weighted by Gasteiger charge is -2.18. The Morgan fingerprint density at radius 3 is 2.86 bits per heavy atom. The smallest absolute Gasteiger partial charge is 0.0959 e. The summed E-state index contributed by atoms with van der Waals surface area (Å²) in [6.45, 7) is 6.74. The van der Waals surface area contributed by atoms with Crippen molar-refractivity contribution in [1.82, 2.24) is 14.9 Å². The molecular formula is C17H22ClN3. The predicted octanol–water partition coefficient (Wildman–Crippen LogP) is 3.71. The van der Waals surface area contributed by atoms with Gasteiger partial charge in [-0.25, -0.2) is 4.98 Å². The van der Waals surface area contributed by atoms with Gasteiger partial charge in [-0.15, -0.1) is 0 Å². The normalized spacial score (nSPS) is 29.8. The Labute approximate surface area is 130 Å². The molecule has 2 saturated carbocycles. The van der Waals surface area contributed by atoms with Gasteiger partial charge in [0.15, 0.2) is 0 Å². The molecule has 2 aliphatic rings. The van der Waals surface area contributed by atoms with E-state index in [0.717, 1.165) is 41.0 Å². The van der Waals surface area contributed by atoms with Crippen molar-refractivity contribution in [1.29, 1.82) is 0 Å². The number of nitrogens with one attached hydrogen (secondary N) is 1. The summed E-state index contributed by atoms with van der Waals surface area (Å²) in [5.74, 6) is 1.91. The van der Waals surface area contributed by atoms with E-state index in [0.29, 0.717) is 11.5 Å². The largest absolute Gasteiger partial charge is 0.328 e. The third-order valence-corrected chi connectivity index (χ3v) is 6.04. The van der Waals surface area contributed by atoms with Crippen molar-refractivity contribution in [3.05, 3.63) is 29.5 Å². The maximum Gasteiger partial charge on any atom is 0.0959 e. The van der Waals surface area contributed by atoms with Crippen LogP contribution in [0.15, 0.2) is 24.5 Å². The standard InChI is InChI=1S/C17H22ClN3/c1-17(2)12-8-11(9-13(12)17)19-6-7-21-10-20-15-5-3-4-14(18)16(15)21/h3-5,10-13,19H,6-9H2,1-2H3/t11-,12+,13-. The molecule has 2 aromatic rings. The molecular weight excluding hydrogens is 282 g/mol. The fraction of sp³-hybridized carbons (Fsp3) is 0.588. The van der Waals surface area contributed by atoms with Crippen LogP contribution < -0.4 is 5.32 Å². The Morgan fingerprint density at radius 2 is 2.10 bits per heavy atom. The minimum absolute atomic E-state index is 0.617. The highest BCUT2D eigenvalue weighted by atomic mass is 35.5. The van der Waals surface area contributed by atoms with Gasteiger partial charge in [0, 0.05) is 19.1 Å². The zero-order chi connectivity index (χ0) is 14.6. The van der Waals surface area contributed by atoms with Crippen molar-refractivity contribution in [2.24, 2.45) is 17.3 Å². The average molecular weight is 304 g/mol. The van der Waals surface area contributed by atoms with E-state index in [2.05, 4.69) is 28.7 Å². The summed E-state index contributed by atoms with van der Waals surface area (Å²) in [7, 11) is 0. The summed E-state index contributed by atoms with van der Waals surface area (Å²) >= 11 is 6.28. The van der Waals surface area contributed by atoms with Crippen LogP contribution >= 0.6 is 11.6 Å². The summed E-state index contributed by atoms with van der Waals surface area (Å²) in [5, 5.41) is 4.50. The number of para-hydroxylation sites is 1. The Kier molecular flexibility index (Phi) is 3.05. The van der Waals surface area contributed by atoms with E-state index in [1.165, 1.54) is 12.8 Å².